The number of piperidine rings is 1. The molecule has 0 spiro atoms. The van der Waals surface area contributed by atoms with Gasteiger partial charge in [-0.05, 0) is 19.1 Å². The van der Waals surface area contributed by atoms with E-state index in [1.54, 1.807) is 25.1 Å². The summed E-state index contributed by atoms with van der Waals surface area (Å²) in [7, 11) is -3.62. The second-order valence-electron chi connectivity index (χ2n) is 4.39. The first-order chi connectivity index (χ1) is 8.43. The zero-order valence-electron chi connectivity index (χ0n) is 9.97. The first-order valence-electron chi connectivity index (χ1n) is 5.71. The van der Waals surface area contributed by atoms with E-state index in [-0.39, 0.29) is 41.1 Å². The lowest BCUT2D eigenvalue weighted by atomic mass is 10.1. The third kappa shape index (κ3) is 2.43. The van der Waals surface area contributed by atoms with E-state index < -0.39 is 10.0 Å². The van der Waals surface area contributed by atoms with Gasteiger partial charge >= 0.3 is 0 Å². The second kappa shape index (κ2) is 4.99. The van der Waals surface area contributed by atoms with E-state index in [2.05, 4.69) is 0 Å². The van der Waals surface area contributed by atoms with E-state index in [0.29, 0.717) is 0 Å². The molecule has 0 saturated carbocycles. The van der Waals surface area contributed by atoms with Crippen molar-refractivity contribution in [2.45, 2.75) is 30.7 Å². The van der Waals surface area contributed by atoms with E-state index in [4.69, 9.17) is 11.6 Å². The molecule has 18 heavy (non-hydrogen) atoms. The van der Waals surface area contributed by atoms with Crippen molar-refractivity contribution in [2.24, 2.45) is 0 Å². The zero-order valence-corrected chi connectivity index (χ0v) is 11.5. The predicted molar refractivity (Wildman–Crippen MR) is 69.0 cm³/mol. The summed E-state index contributed by atoms with van der Waals surface area (Å²) in [6.07, 6.45) is 0.539. The number of nitrogens with zero attached hydrogens (tertiary/aromatic N) is 1. The Hall–Kier alpha value is -0.910. The molecule has 0 radical (unpaired) electrons. The number of hydrogen-bond donors (Lipinski definition) is 0. The normalized spacial score (nSPS) is 22.1. The molecule has 0 bridgehead atoms. The van der Waals surface area contributed by atoms with Crippen molar-refractivity contribution in [1.82, 2.24) is 4.31 Å². The molecule has 2 rings (SSSR count). The molecule has 0 aliphatic carbocycles. The average Bonchev–Trinajstić information content (AvgIpc) is 2.28. The van der Waals surface area contributed by atoms with Gasteiger partial charge in [-0.1, -0.05) is 23.7 Å². The predicted octanol–water partition coefficient (Wildman–Crippen LogP) is 2.08. The summed E-state index contributed by atoms with van der Waals surface area (Å²) in [5, 5.41) is 0.210. The molecule has 1 aliphatic rings. The lowest BCUT2D eigenvalue weighted by Crippen LogP contribution is -2.44. The van der Waals surface area contributed by atoms with Crippen LogP contribution in [0.2, 0.25) is 5.02 Å². The van der Waals surface area contributed by atoms with Gasteiger partial charge < -0.3 is 0 Å². The van der Waals surface area contributed by atoms with Crippen LogP contribution in [0.5, 0.6) is 0 Å². The molecule has 0 aromatic heterocycles. The molecule has 4 nitrogen and oxygen atoms in total. The average molecular weight is 288 g/mol. The molecule has 1 saturated heterocycles. The molecule has 1 atom stereocenters. The monoisotopic (exact) mass is 287 g/mol. The highest BCUT2D eigenvalue weighted by Crippen LogP contribution is 2.28. The van der Waals surface area contributed by atoms with Gasteiger partial charge in [-0.2, -0.15) is 4.31 Å². The molecule has 1 aromatic carbocycles. The van der Waals surface area contributed by atoms with E-state index in [1.807, 2.05) is 0 Å². The number of benzene rings is 1. The smallest absolute Gasteiger partial charge is 0.244 e. The van der Waals surface area contributed by atoms with Gasteiger partial charge in [0.15, 0.2) is 0 Å². The highest BCUT2D eigenvalue weighted by atomic mass is 35.5. The molecular formula is C12H14ClNO3S. The Labute approximate surface area is 112 Å². The SMILES string of the molecule is CC1CC(=O)CCN1S(=O)(=O)c1ccccc1Cl. The number of sulfonamides is 1. The van der Waals surface area contributed by atoms with Gasteiger partial charge in [0.25, 0.3) is 0 Å². The fraction of sp³-hybridized carbons (Fsp3) is 0.417. The van der Waals surface area contributed by atoms with Gasteiger partial charge in [0.1, 0.15) is 10.7 Å². The van der Waals surface area contributed by atoms with Crippen LogP contribution in [0, 0.1) is 0 Å². The summed E-state index contributed by atoms with van der Waals surface area (Å²) < 4.78 is 26.3. The van der Waals surface area contributed by atoms with Crippen molar-refractivity contribution in [3.8, 4) is 0 Å². The summed E-state index contributed by atoms with van der Waals surface area (Å²) in [5.41, 5.74) is 0. The highest BCUT2D eigenvalue weighted by molar-refractivity contribution is 7.89. The van der Waals surface area contributed by atoms with Crippen molar-refractivity contribution in [2.75, 3.05) is 6.54 Å². The highest BCUT2D eigenvalue weighted by Gasteiger charge is 2.34. The third-order valence-electron chi connectivity index (χ3n) is 3.05. The van der Waals surface area contributed by atoms with Gasteiger partial charge in [0.05, 0.1) is 5.02 Å². The maximum atomic E-state index is 12.5. The van der Waals surface area contributed by atoms with Crippen LogP contribution in [0.1, 0.15) is 19.8 Å². The van der Waals surface area contributed by atoms with Crippen LogP contribution >= 0.6 is 11.6 Å². The molecule has 1 aromatic rings. The van der Waals surface area contributed by atoms with Crippen LogP contribution in [0.25, 0.3) is 0 Å². The van der Waals surface area contributed by atoms with Gasteiger partial charge in [0.2, 0.25) is 10.0 Å². The molecule has 1 unspecified atom stereocenters. The summed E-state index contributed by atoms with van der Waals surface area (Å²) in [5.74, 6) is 0.105. The molecule has 98 valence electrons. The minimum atomic E-state index is -3.62. The number of carbonyl (C=O) groups excluding carboxylic acids is 1. The number of Topliss-reactive ketones (excluding diaryl/α,β-unsaturated/α-hetero) is 1. The lowest BCUT2D eigenvalue weighted by molar-refractivity contribution is -0.121. The van der Waals surface area contributed by atoms with Crippen molar-refractivity contribution >= 4 is 27.4 Å². The van der Waals surface area contributed by atoms with Crippen molar-refractivity contribution in [3.05, 3.63) is 29.3 Å². The molecular weight excluding hydrogens is 274 g/mol. The summed E-state index contributed by atoms with van der Waals surface area (Å²) in [4.78, 5) is 11.4. The fourth-order valence-electron chi connectivity index (χ4n) is 2.13. The van der Waals surface area contributed by atoms with E-state index in [1.165, 1.54) is 10.4 Å². The largest absolute Gasteiger partial charge is 0.300 e. The summed E-state index contributed by atoms with van der Waals surface area (Å²) in [6, 6.07) is 6.05. The number of rotatable bonds is 2. The van der Waals surface area contributed by atoms with Crippen LogP contribution in [0.15, 0.2) is 29.2 Å². The maximum absolute atomic E-state index is 12.5. The van der Waals surface area contributed by atoms with Crippen LogP contribution in [-0.4, -0.2) is 31.1 Å². The Morgan fingerprint density at radius 3 is 2.61 bits per heavy atom. The van der Waals surface area contributed by atoms with Crippen molar-refractivity contribution < 1.29 is 13.2 Å². The molecule has 1 heterocycles. The Bertz CT molecular complexity index is 570. The summed E-state index contributed by atoms with van der Waals surface area (Å²) in [6.45, 7) is 1.97. The van der Waals surface area contributed by atoms with Crippen molar-refractivity contribution in [1.29, 1.82) is 0 Å². The Balaban J connectivity index is 2.38. The number of hydrogen-bond acceptors (Lipinski definition) is 3. The van der Waals surface area contributed by atoms with Crippen LogP contribution in [0.3, 0.4) is 0 Å². The fourth-order valence-corrected chi connectivity index (χ4v) is 4.25. The minimum absolute atomic E-state index is 0.105. The molecule has 0 amide bonds. The minimum Gasteiger partial charge on any atom is -0.300 e. The Kier molecular flexibility index (Phi) is 3.75. The topological polar surface area (TPSA) is 54.5 Å². The van der Waals surface area contributed by atoms with Gasteiger partial charge in [0, 0.05) is 25.4 Å². The first-order valence-corrected chi connectivity index (χ1v) is 7.53. The lowest BCUT2D eigenvalue weighted by Gasteiger charge is -2.31. The maximum Gasteiger partial charge on any atom is 0.244 e. The first kappa shape index (κ1) is 13.5. The van der Waals surface area contributed by atoms with E-state index in [0.717, 1.165) is 0 Å². The standard InChI is InChI=1S/C12H14ClNO3S/c1-9-8-10(15)6-7-14(9)18(16,17)12-5-3-2-4-11(12)13/h2-5,9H,6-8H2,1H3. The van der Waals surface area contributed by atoms with Gasteiger partial charge in [-0.25, -0.2) is 8.42 Å². The molecule has 6 heteroatoms. The molecule has 1 fully saturated rings. The van der Waals surface area contributed by atoms with Crippen molar-refractivity contribution in [3.63, 3.8) is 0 Å². The van der Waals surface area contributed by atoms with E-state index in [9.17, 15) is 13.2 Å². The van der Waals surface area contributed by atoms with Crippen LogP contribution < -0.4 is 0 Å². The van der Waals surface area contributed by atoms with E-state index >= 15 is 0 Å². The quantitative estimate of drug-likeness (QED) is 0.837. The number of ketones is 1. The molecule has 0 N–H and O–H groups in total. The number of halogens is 1. The Morgan fingerprint density at radius 1 is 1.33 bits per heavy atom. The number of carbonyl (C=O) groups is 1. The third-order valence-corrected chi connectivity index (χ3v) is 5.56. The van der Waals surface area contributed by atoms with Gasteiger partial charge in [-0.15, -0.1) is 0 Å². The second-order valence-corrected chi connectivity index (χ2v) is 6.65. The van der Waals surface area contributed by atoms with Crippen LogP contribution in [-0.2, 0) is 14.8 Å². The van der Waals surface area contributed by atoms with Crippen LogP contribution in [0.4, 0.5) is 0 Å². The Morgan fingerprint density at radius 2 is 2.00 bits per heavy atom. The molecule has 1 aliphatic heterocycles. The zero-order chi connectivity index (χ0) is 13.3. The summed E-state index contributed by atoms with van der Waals surface area (Å²) >= 11 is 5.93. The van der Waals surface area contributed by atoms with Gasteiger partial charge in [-0.3, -0.25) is 4.79 Å².